The van der Waals surface area contributed by atoms with Crippen molar-refractivity contribution < 1.29 is 5.11 Å². The normalized spacial score (nSPS) is 27.0. The number of hydrogen-bond acceptors (Lipinski definition) is 2. The van der Waals surface area contributed by atoms with Crippen LogP contribution in [-0.4, -0.2) is 24.8 Å². The minimum absolute atomic E-state index is 0.0284. The fraction of sp³-hybridized carbons (Fsp3) is 1.00. The van der Waals surface area contributed by atoms with Gasteiger partial charge in [-0.15, -0.1) is 0 Å². The molecule has 0 spiro atoms. The SMILES string of the molecule is CCC1CCC(CNCC(C)(C)CO)CC1. The molecule has 0 aromatic heterocycles. The van der Waals surface area contributed by atoms with Crippen LogP contribution < -0.4 is 5.32 Å². The molecule has 2 N–H and O–H groups in total. The first-order chi connectivity index (χ1) is 7.57. The van der Waals surface area contributed by atoms with Crippen LogP contribution in [0.2, 0.25) is 0 Å². The summed E-state index contributed by atoms with van der Waals surface area (Å²) in [6.07, 6.45) is 6.99. The van der Waals surface area contributed by atoms with Crippen LogP contribution in [0.15, 0.2) is 0 Å². The third-order valence-electron chi connectivity index (χ3n) is 4.01. The monoisotopic (exact) mass is 227 g/mol. The molecular formula is C14H29NO. The van der Waals surface area contributed by atoms with E-state index in [9.17, 15) is 0 Å². The molecule has 2 nitrogen and oxygen atoms in total. The molecule has 1 aliphatic rings. The highest BCUT2D eigenvalue weighted by Crippen LogP contribution is 2.30. The molecule has 0 aromatic rings. The van der Waals surface area contributed by atoms with E-state index in [1.807, 2.05) is 0 Å². The summed E-state index contributed by atoms with van der Waals surface area (Å²) < 4.78 is 0. The Balaban J connectivity index is 2.11. The van der Waals surface area contributed by atoms with Crippen molar-refractivity contribution in [1.82, 2.24) is 5.32 Å². The summed E-state index contributed by atoms with van der Waals surface area (Å²) >= 11 is 0. The van der Waals surface area contributed by atoms with E-state index in [1.165, 1.54) is 32.1 Å². The van der Waals surface area contributed by atoms with Crippen LogP contribution in [-0.2, 0) is 0 Å². The number of nitrogens with one attached hydrogen (secondary N) is 1. The fourth-order valence-corrected chi connectivity index (χ4v) is 2.51. The summed E-state index contributed by atoms with van der Waals surface area (Å²) in [4.78, 5) is 0. The third kappa shape index (κ3) is 4.84. The van der Waals surface area contributed by atoms with E-state index in [1.54, 1.807) is 0 Å². The van der Waals surface area contributed by atoms with Crippen LogP contribution in [0, 0.1) is 17.3 Å². The highest BCUT2D eigenvalue weighted by molar-refractivity contribution is 4.75. The van der Waals surface area contributed by atoms with Gasteiger partial charge >= 0.3 is 0 Å². The second-order valence-corrected chi connectivity index (χ2v) is 6.25. The van der Waals surface area contributed by atoms with Crippen molar-refractivity contribution in [2.24, 2.45) is 17.3 Å². The number of hydrogen-bond donors (Lipinski definition) is 2. The first kappa shape index (κ1) is 14.0. The number of aliphatic hydroxyl groups excluding tert-OH is 1. The van der Waals surface area contributed by atoms with Gasteiger partial charge in [-0.25, -0.2) is 0 Å². The minimum Gasteiger partial charge on any atom is -0.396 e. The molecule has 1 saturated carbocycles. The van der Waals surface area contributed by atoms with E-state index in [-0.39, 0.29) is 12.0 Å². The van der Waals surface area contributed by atoms with Crippen molar-refractivity contribution >= 4 is 0 Å². The van der Waals surface area contributed by atoms with Gasteiger partial charge in [-0.3, -0.25) is 0 Å². The average molecular weight is 227 g/mol. The van der Waals surface area contributed by atoms with Crippen LogP contribution >= 0.6 is 0 Å². The Hall–Kier alpha value is -0.0800. The number of rotatable bonds is 6. The summed E-state index contributed by atoms with van der Waals surface area (Å²) in [6.45, 7) is 8.86. The van der Waals surface area contributed by atoms with E-state index < -0.39 is 0 Å². The summed E-state index contributed by atoms with van der Waals surface area (Å²) in [5.41, 5.74) is 0.0284. The fourth-order valence-electron chi connectivity index (χ4n) is 2.51. The second-order valence-electron chi connectivity index (χ2n) is 6.25. The molecule has 16 heavy (non-hydrogen) atoms. The maximum absolute atomic E-state index is 9.16. The molecule has 0 atom stereocenters. The zero-order valence-electron chi connectivity index (χ0n) is 11.3. The van der Waals surface area contributed by atoms with Gasteiger partial charge in [0.2, 0.25) is 0 Å². The molecule has 96 valence electrons. The second kappa shape index (κ2) is 6.61. The lowest BCUT2D eigenvalue weighted by Crippen LogP contribution is -2.35. The van der Waals surface area contributed by atoms with Crippen LogP contribution in [0.1, 0.15) is 52.9 Å². The van der Waals surface area contributed by atoms with Crippen LogP contribution in [0.5, 0.6) is 0 Å². The molecule has 0 aliphatic heterocycles. The molecule has 0 amide bonds. The van der Waals surface area contributed by atoms with Gasteiger partial charge in [0.25, 0.3) is 0 Å². The molecule has 2 heteroatoms. The lowest BCUT2D eigenvalue weighted by Gasteiger charge is -2.29. The molecule has 1 rings (SSSR count). The van der Waals surface area contributed by atoms with Crippen molar-refractivity contribution in [3.63, 3.8) is 0 Å². The average Bonchev–Trinajstić information content (AvgIpc) is 2.30. The standard InChI is InChI=1S/C14H29NO/c1-4-12-5-7-13(8-6-12)9-15-10-14(2,3)11-16/h12-13,15-16H,4-11H2,1-3H3. The summed E-state index contributed by atoms with van der Waals surface area (Å²) in [7, 11) is 0. The van der Waals surface area contributed by atoms with Gasteiger partial charge in [0.15, 0.2) is 0 Å². The van der Waals surface area contributed by atoms with Gasteiger partial charge in [-0.2, -0.15) is 0 Å². The predicted octanol–water partition coefficient (Wildman–Crippen LogP) is 2.81. The van der Waals surface area contributed by atoms with Crippen molar-refractivity contribution in [2.75, 3.05) is 19.7 Å². The van der Waals surface area contributed by atoms with Gasteiger partial charge < -0.3 is 10.4 Å². The van der Waals surface area contributed by atoms with E-state index in [0.717, 1.165) is 24.9 Å². The van der Waals surface area contributed by atoms with Crippen molar-refractivity contribution in [2.45, 2.75) is 52.9 Å². The molecule has 1 fully saturated rings. The Morgan fingerprint density at radius 1 is 1.12 bits per heavy atom. The molecule has 1 aliphatic carbocycles. The van der Waals surface area contributed by atoms with Gasteiger partial charge in [-0.1, -0.05) is 40.0 Å². The van der Waals surface area contributed by atoms with E-state index in [4.69, 9.17) is 5.11 Å². The Bertz CT molecular complexity index is 183. The topological polar surface area (TPSA) is 32.3 Å². The molecule has 0 unspecified atom stereocenters. The Morgan fingerprint density at radius 3 is 2.19 bits per heavy atom. The summed E-state index contributed by atoms with van der Waals surface area (Å²) in [5.74, 6) is 1.86. The van der Waals surface area contributed by atoms with Gasteiger partial charge in [0.05, 0.1) is 0 Å². The zero-order valence-corrected chi connectivity index (χ0v) is 11.3. The molecule has 0 heterocycles. The summed E-state index contributed by atoms with van der Waals surface area (Å²) in [5, 5.41) is 12.7. The molecule has 0 saturated heterocycles. The molecule has 0 radical (unpaired) electrons. The smallest absolute Gasteiger partial charge is 0.0494 e. The molecule has 0 bridgehead atoms. The van der Waals surface area contributed by atoms with E-state index in [2.05, 4.69) is 26.1 Å². The maximum atomic E-state index is 9.16. The van der Waals surface area contributed by atoms with Gasteiger partial charge in [0.1, 0.15) is 0 Å². The minimum atomic E-state index is 0.0284. The summed E-state index contributed by atoms with van der Waals surface area (Å²) in [6, 6.07) is 0. The van der Waals surface area contributed by atoms with Gasteiger partial charge in [0, 0.05) is 18.6 Å². The largest absolute Gasteiger partial charge is 0.396 e. The zero-order chi connectivity index (χ0) is 12.0. The van der Waals surface area contributed by atoms with E-state index in [0.29, 0.717) is 0 Å². The third-order valence-corrected chi connectivity index (χ3v) is 4.01. The Morgan fingerprint density at radius 2 is 1.69 bits per heavy atom. The van der Waals surface area contributed by atoms with Crippen LogP contribution in [0.25, 0.3) is 0 Å². The predicted molar refractivity (Wildman–Crippen MR) is 69.5 cm³/mol. The maximum Gasteiger partial charge on any atom is 0.0494 e. The first-order valence-corrected chi connectivity index (χ1v) is 6.89. The van der Waals surface area contributed by atoms with Crippen molar-refractivity contribution in [1.29, 1.82) is 0 Å². The van der Waals surface area contributed by atoms with Crippen LogP contribution in [0.3, 0.4) is 0 Å². The van der Waals surface area contributed by atoms with Crippen molar-refractivity contribution in [3.8, 4) is 0 Å². The highest BCUT2D eigenvalue weighted by atomic mass is 16.3. The van der Waals surface area contributed by atoms with Gasteiger partial charge in [-0.05, 0) is 31.2 Å². The Kier molecular flexibility index (Phi) is 5.77. The highest BCUT2D eigenvalue weighted by Gasteiger charge is 2.21. The lowest BCUT2D eigenvalue weighted by molar-refractivity contribution is 0.153. The first-order valence-electron chi connectivity index (χ1n) is 6.89. The van der Waals surface area contributed by atoms with Crippen LogP contribution in [0.4, 0.5) is 0 Å². The van der Waals surface area contributed by atoms with Crippen molar-refractivity contribution in [3.05, 3.63) is 0 Å². The van der Waals surface area contributed by atoms with E-state index >= 15 is 0 Å². The molecular weight excluding hydrogens is 198 g/mol. The lowest BCUT2D eigenvalue weighted by atomic mass is 9.81. The Labute approximate surface area is 101 Å². The quantitative estimate of drug-likeness (QED) is 0.731. The number of aliphatic hydroxyl groups is 1. The molecule has 0 aromatic carbocycles.